The van der Waals surface area contributed by atoms with Gasteiger partial charge in [-0.25, -0.2) is 9.83 Å². The van der Waals surface area contributed by atoms with E-state index >= 15 is 0 Å². The van der Waals surface area contributed by atoms with Crippen molar-refractivity contribution in [2.75, 3.05) is 27.2 Å². The van der Waals surface area contributed by atoms with Crippen LogP contribution < -0.4 is 0 Å². The molecule has 0 spiro atoms. The predicted octanol–water partition coefficient (Wildman–Crippen LogP) is 4.70. The molecular weight excluding hydrogens is 436 g/mol. The summed E-state index contributed by atoms with van der Waals surface area (Å²) in [6, 6.07) is 16.1. The molecule has 0 bridgehead atoms. The fourth-order valence-corrected chi connectivity index (χ4v) is 5.15. The molecule has 7 heteroatoms. The van der Waals surface area contributed by atoms with Crippen LogP contribution in [0, 0.1) is 6.57 Å². The third-order valence-corrected chi connectivity index (χ3v) is 7.00. The van der Waals surface area contributed by atoms with Crippen molar-refractivity contribution < 1.29 is 4.79 Å². The molecule has 0 unspecified atom stereocenters. The standard InChI is InChI=1S/C28H26N6O/c1-29-23-7-4-19(5-8-23)21-15-26-27-30-11-13-34(27)25-9-6-20(14-22(25)17-32(26)16-21)28(35)33-12-10-24(33)18-31(2)3/h4-9,11,13-16,24H,10,12,17-18H2,2-3H3/t24-/m1/s1. The quantitative estimate of drug-likeness (QED) is 0.364. The number of benzene rings is 2. The number of imidazole rings is 1. The molecule has 2 aromatic heterocycles. The Morgan fingerprint density at radius 1 is 1.14 bits per heavy atom. The number of rotatable bonds is 4. The maximum absolute atomic E-state index is 13.3. The van der Waals surface area contributed by atoms with E-state index in [-0.39, 0.29) is 11.9 Å². The smallest absolute Gasteiger partial charge is 0.254 e. The first-order valence-corrected chi connectivity index (χ1v) is 11.8. The van der Waals surface area contributed by atoms with Gasteiger partial charge in [-0.1, -0.05) is 24.3 Å². The molecule has 2 aromatic carbocycles. The van der Waals surface area contributed by atoms with Gasteiger partial charge in [0.05, 0.1) is 18.0 Å². The van der Waals surface area contributed by atoms with Gasteiger partial charge >= 0.3 is 0 Å². The van der Waals surface area contributed by atoms with Crippen LogP contribution in [-0.2, 0) is 6.54 Å². The highest BCUT2D eigenvalue weighted by molar-refractivity contribution is 5.95. The zero-order valence-corrected chi connectivity index (χ0v) is 19.8. The van der Waals surface area contributed by atoms with Crippen LogP contribution in [0.5, 0.6) is 0 Å². The molecule has 2 aliphatic rings. The number of nitrogens with zero attached hydrogens (tertiary/aromatic N) is 6. The van der Waals surface area contributed by atoms with Gasteiger partial charge in [-0.05, 0) is 55.9 Å². The van der Waals surface area contributed by atoms with Crippen molar-refractivity contribution in [3.05, 3.63) is 89.7 Å². The van der Waals surface area contributed by atoms with Gasteiger partial charge in [0.1, 0.15) is 0 Å². The Hall–Kier alpha value is -4.15. The lowest BCUT2D eigenvalue weighted by molar-refractivity contribution is 0.0403. The average Bonchev–Trinajstić information content (AvgIpc) is 3.47. The summed E-state index contributed by atoms with van der Waals surface area (Å²) >= 11 is 0. The molecule has 1 amide bonds. The lowest BCUT2D eigenvalue weighted by atomic mass is 9.99. The monoisotopic (exact) mass is 462 g/mol. The van der Waals surface area contributed by atoms with E-state index in [0.717, 1.165) is 59.0 Å². The Morgan fingerprint density at radius 2 is 1.97 bits per heavy atom. The van der Waals surface area contributed by atoms with Gasteiger partial charge in [-0.2, -0.15) is 0 Å². The van der Waals surface area contributed by atoms with Crippen LogP contribution in [0.4, 0.5) is 5.69 Å². The van der Waals surface area contributed by atoms with Crippen molar-refractivity contribution in [1.82, 2.24) is 23.9 Å². The molecule has 7 nitrogen and oxygen atoms in total. The van der Waals surface area contributed by atoms with Crippen molar-refractivity contribution in [3.8, 4) is 28.3 Å². The molecule has 4 heterocycles. The highest BCUT2D eigenvalue weighted by atomic mass is 16.2. The van der Waals surface area contributed by atoms with Crippen molar-refractivity contribution in [2.45, 2.75) is 19.0 Å². The lowest BCUT2D eigenvalue weighted by Crippen LogP contribution is -2.55. The van der Waals surface area contributed by atoms with Crippen molar-refractivity contribution in [1.29, 1.82) is 0 Å². The molecule has 1 atom stereocenters. The Labute approximate surface area is 204 Å². The second kappa shape index (κ2) is 8.26. The topological polar surface area (TPSA) is 50.7 Å². The van der Waals surface area contributed by atoms with E-state index in [9.17, 15) is 4.79 Å². The van der Waals surface area contributed by atoms with Crippen LogP contribution in [0.2, 0.25) is 0 Å². The van der Waals surface area contributed by atoms with E-state index in [1.54, 1.807) is 0 Å². The summed E-state index contributed by atoms with van der Waals surface area (Å²) in [7, 11) is 4.10. The van der Waals surface area contributed by atoms with Crippen LogP contribution in [0.15, 0.2) is 67.1 Å². The van der Waals surface area contributed by atoms with E-state index in [1.165, 1.54) is 0 Å². The normalized spacial score (nSPS) is 16.1. The second-order valence-corrected chi connectivity index (χ2v) is 9.57. The number of likely N-dealkylation sites (tertiary alicyclic amines) is 1. The number of aromatic nitrogens is 3. The summed E-state index contributed by atoms with van der Waals surface area (Å²) in [6.45, 7) is 9.55. The first-order valence-electron chi connectivity index (χ1n) is 11.8. The highest BCUT2D eigenvalue weighted by Gasteiger charge is 2.33. The zero-order valence-electron chi connectivity index (χ0n) is 19.8. The van der Waals surface area contributed by atoms with Crippen LogP contribution in [-0.4, -0.2) is 63.1 Å². The van der Waals surface area contributed by atoms with E-state index < -0.39 is 0 Å². The Bertz CT molecular complexity index is 1470. The molecule has 1 saturated heterocycles. The highest BCUT2D eigenvalue weighted by Crippen LogP contribution is 2.35. The summed E-state index contributed by atoms with van der Waals surface area (Å²) in [5.41, 5.74) is 6.67. The van der Waals surface area contributed by atoms with E-state index in [4.69, 9.17) is 6.57 Å². The van der Waals surface area contributed by atoms with Gasteiger partial charge in [-0.15, -0.1) is 0 Å². The predicted molar refractivity (Wildman–Crippen MR) is 136 cm³/mol. The molecule has 1 fully saturated rings. The number of fused-ring (bicyclic) bond motifs is 5. The average molecular weight is 463 g/mol. The molecule has 0 radical (unpaired) electrons. The summed E-state index contributed by atoms with van der Waals surface area (Å²) < 4.78 is 4.31. The van der Waals surface area contributed by atoms with Crippen LogP contribution in [0.1, 0.15) is 22.3 Å². The summed E-state index contributed by atoms with van der Waals surface area (Å²) in [4.78, 5) is 25.6. The molecular formula is C28H26N6O. The maximum atomic E-state index is 13.3. The van der Waals surface area contributed by atoms with E-state index in [0.29, 0.717) is 12.2 Å². The summed E-state index contributed by atoms with van der Waals surface area (Å²) in [6.07, 6.45) is 6.98. The third-order valence-electron chi connectivity index (χ3n) is 7.00. The van der Waals surface area contributed by atoms with E-state index in [1.807, 2.05) is 73.9 Å². The molecule has 174 valence electrons. The van der Waals surface area contributed by atoms with Crippen molar-refractivity contribution in [3.63, 3.8) is 0 Å². The molecule has 0 aliphatic carbocycles. The van der Waals surface area contributed by atoms with Crippen LogP contribution in [0.3, 0.4) is 0 Å². The summed E-state index contributed by atoms with van der Waals surface area (Å²) in [5, 5.41) is 0. The van der Waals surface area contributed by atoms with Gasteiger partial charge in [0, 0.05) is 55.4 Å². The largest absolute Gasteiger partial charge is 0.340 e. The van der Waals surface area contributed by atoms with Crippen LogP contribution in [0.25, 0.3) is 33.2 Å². The molecule has 4 aromatic rings. The van der Waals surface area contributed by atoms with Gasteiger partial charge in [0.15, 0.2) is 11.5 Å². The van der Waals surface area contributed by atoms with Gasteiger partial charge < -0.3 is 14.4 Å². The fourth-order valence-electron chi connectivity index (χ4n) is 5.15. The van der Waals surface area contributed by atoms with Crippen LogP contribution >= 0.6 is 0 Å². The van der Waals surface area contributed by atoms with Crippen molar-refractivity contribution in [2.24, 2.45) is 0 Å². The first-order chi connectivity index (χ1) is 17.0. The minimum Gasteiger partial charge on any atom is -0.340 e. The summed E-state index contributed by atoms with van der Waals surface area (Å²) in [5.74, 6) is 0.981. The first kappa shape index (κ1) is 21.4. The molecule has 0 N–H and O–H groups in total. The third kappa shape index (κ3) is 3.63. The number of carbonyl (C=O) groups is 1. The molecule has 2 aliphatic heterocycles. The molecule has 0 saturated carbocycles. The zero-order chi connectivity index (χ0) is 24.1. The Morgan fingerprint density at radius 3 is 2.69 bits per heavy atom. The number of likely N-dealkylation sites (N-methyl/N-ethyl adjacent to an activating group) is 1. The minimum absolute atomic E-state index is 0.106. The van der Waals surface area contributed by atoms with Gasteiger partial charge in [-0.3, -0.25) is 9.36 Å². The minimum atomic E-state index is 0.106. The maximum Gasteiger partial charge on any atom is 0.254 e. The Kier molecular flexibility index (Phi) is 5.05. The molecule has 35 heavy (non-hydrogen) atoms. The fraction of sp³-hybridized carbons (Fsp3) is 0.250. The number of amides is 1. The van der Waals surface area contributed by atoms with Crippen molar-refractivity contribution >= 4 is 11.6 Å². The van der Waals surface area contributed by atoms with E-state index in [2.05, 4.69) is 36.1 Å². The SMILES string of the molecule is [C-]#[N+]c1ccc(-c2cc3n(c2)Cc2cc(C(=O)N4CC[C@@H]4CN(C)C)ccc2-n2ccnc2-3)cc1. The second-order valence-electron chi connectivity index (χ2n) is 9.57. The van der Waals surface area contributed by atoms with Gasteiger partial charge in [0.2, 0.25) is 0 Å². The van der Waals surface area contributed by atoms with Gasteiger partial charge in [0.25, 0.3) is 5.91 Å². The number of hydrogen-bond donors (Lipinski definition) is 0. The lowest BCUT2D eigenvalue weighted by Gasteiger charge is -2.42. The Balaban J connectivity index is 1.37. The molecule has 6 rings (SSSR count). The number of carbonyl (C=O) groups excluding carboxylic acids is 1. The number of hydrogen-bond acceptors (Lipinski definition) is 3.